The van der Waals surface area contributed by atoms with E-state index >= 15 is 0 Å². The summed E-state index contributed by atoms with van der Waals surface area (Å²) < 4.78 is 31.3. The number of hydrogen-bond donors (Lipinski definition) is 1. The molecular formula is C9H18N2O4S. The molecule has 0 aromatic carbocycles. The molecule has 1 heterocycles. The molecule has 1 saturated heterocycles. The molecule has 0 atom stereocenters. The lowest BCUT2D eigenvalue weighted by molar-refractivity contribution is 0.121. The molecule has 0 radical (unpaired) electrons. The summed E-state index contributed by atoms with van der Waals surface area (Å²) in [5.41, 5.74) is 0. The van der Waals surface area contributed by atoms with Crippen LogP contribution in [0, 0.1) is 0 Å². The minimum Gasteiger partial charge on any atom is -0.446 e. The van der Waals surface area contributed by atoms with Crippen LogP contribution in [0.15, 0.2) is 0 Å². The van der Waals surface area contributed by atoms with Crippen molar-refractivity contribution in [1.82, 2.24) is 9.03 Å². The quantitative estimate of drug-likeness (QED) is 0.805. The number of ether oxygens (including phenoxy) is 1. The zero-order valence-electron chi connectivity index (χ0n) is 9.60. The van der Waals surface area contributed by atoms with Crippen molar-refractivity contribution in [3.63, 3.8) is 0 Å². The van der Waals surface area contributed by atoms with E-state index in [2.05, 4.69) is 0 Å². The summed E-state index contributed by atoms with van der Waals surface area (Å²) in [5.74, 6) is 0. The van der Waals surface area contributed by atoms with Gasteiger partial charge in [-0.3, -0.25) is 0 Å². The highest BCUT2D eigenvalue weighted by Gasteiger charge is 2.26. The summed E-state index contributed by atoms with van der Waals surface area (Å²) >= 11 is 0. The van der Waals surface area contributed by atoms with E-state index < -0.39 is 16.3 Å². The van der Waals surface area contributed by atoms with Gasteiger partial charge in [-0.1, -0.05) is 6.42 Å². The highest BCUT2D eigenvalue weighted by atomic mass is 32.2. The van der Waals surface area contributed by atoms with Crippen LogP contribution in [-0.2, 0) is 14.9 Å². The van der Waals surface area contributed by atoms with Crippen molar-refractivity contribution in [3.05, 3.63) is 0 Å². The van der Waals surface area contributed by atoms with E-state index in [4.69, 9.17) is 4.74 Å². The molecule has 0 aromatic heterocycles. The molecule has 1 fully saturated rings. The Kier molecular flexibility index (Phi) is 4.55. The SMILES string of the molecule is CC(C)OC(=O)NS(=O)(=O)N1CCCCC1. The zero-order valence-corrected chi connectivity index (χ0v) is 10.4. The number of nitrogens with zero attached hydrogens (tertiary/aromatic N) is 1. The lowest BCUT2D eigenvalue weighted by Gasteiger charge is -2.25. The summed E-state index contributed by atoms with van der Waals surface area (Å²) in [7, 11) is -3.72. The number of nitrogens with one attached hydrogen (secondary N) is 1. The van der Waals surface area contributed by atoms with Gasteiger partial charge in [-0.25, -0.2) is 9.52 Å². The molecule has 0 spiro atoms. The van der Waals surface area contributed by atoms with Gasteiger partial charge in [-0.2, -0.15) is 12.7 Å². The lowest BCUT2D eigenvalue weighted by atomic mass is 10.2. The maximum Gasteiger partial charge on any atom is 0.422 e. The van der Waals surface area contributed by atoms with Crippen LogP contribution < -0.4 is 4.72 Å². The van der Waals surface area contributed by atoms with Crippen LogP contribution >= 0.6 is 0 Å². The Morgan fingerprint density at radius 3 is 2.31 bits per heavy atom. The standard InChI is InChI=1S/C9H18N2O4S/c1-8(2)15-9(12)10-16(13,14)11-6-4-3-5-7-11/h8H,3-7H2,1-2H3,(H,10,12). The first-order chi connectivity index (χ1) is 7.42. The minimum absolute atomic E-state index is 0.337. The van der Waals surface area contributed by atoms with Crippen molar-refractivity contribution < 1.29 is 17.9 Å². The minimum atomic E-state index is -3.72. The fraction of sp³-hybridized carbons (Fsp3) is 0.889. The maximum absolute atomic E-state index is 11.7. The Hall–Kier alpha value is -0.820. The van der Waals surface area contributed by atoms with E-state index in [1.54, 1.807) is 13.8 Å². The average Bonchev–Trinajstić information content (AvgIpc) is 2.16. The van der Waals surface area contributed by atoms with Crippen molar-refractivity contribution in [2.24, 2.45) is 0 Å². The molecule has 7 heteroatoms. The third-order valence-corrected chi connectivity index (χ3v) is 3.68. The maximum atomic E-state index is 11.7. The summed E-state index contributed by atoms with van der Waals surface area (Å²) in [5, 5.41) is 0. The number of carbonyl (C=O) groups excluding carboxylic acids is 1. The van der Waals surface area contributed by atoms with Gasteiger partial charge < -0.3 is 4.74 Å². The number of hydrogen-bond acceptors (Lipinski definition) is 4. The van der Waals surface area contributed by atoms with Gasteiger partial charge in [0.2, 0.25) is 0 Å². The van der Waals surface area contributed by atoms with Crippen LogP contribution in [0.3, 0.4) is 0 Å². The molecule has 0 bridgehead atoms. The molecule has 94 valence electrons. The molecule has 0 aliphatic carbocycles. The van der Waals surface area contributed by atoms with Gasteiger partial charge in [-0.05, 0) is 26.7 Å². The number of piperidine rings is 1. The van der Waals surface area contributed by atoms with Crippen LogP contribution in [0.2, 0.25) is 0 Å². The molecule has 1 aliphatic heterocycles. The van der Waals surface area contributed by atoms with Crippen molar-refractivity contribution in [2.45, 2.75) is 39.2 Å². The monoisotopic (exact) mass is 250 g/mol. The third-order valence-electron chi connectivity index (χ3n) is 2.21. The predicted molar refractivity (Wildman–Crippen MR) is 59.1 cm³/mol. The predicted octanol–water partition coefficient (Wildman–Crippen LogP) is 0.852. The molecule has 0 aromatic rings. The molecule has 1 aliphatic rings. The normalized spacial score (nSPS) is 18.4. The molecule has 0 saturated carbocycles. The van der Waals surface area contributed by atoms with Gasteiger partial charge in [0.05, 0.1) is 6.10 Å². The smallest absolute Gasteiger partial charge is 0.422 e. The molecule has 1 N–H and O–H groups in total. The van der Waals surface area contributed by atoms with Gasteiger partial charge in [0.1, 0.15) is 0 Å². The highest BCUT2D eigenvalue weighted by molar-refractivity contribution is 7.87. The molecule has 0 unspecified atom stereocenters. The summed E-state index contributed by atoms with van der Waals surface area (Å²) in [6, 6.07) is 0. The van der Waals surface area contributed by atoms with Gasteiger partial charge in [0, 0.05) is 13.1 Å². The second-order valence-corrected chi connectivity index (χ2v) is 5.69. The second-order valence-electron chi connectivity index (χ2n) is 4.02. The van der Waals surface area contributed by atoms with Gasteiger partial charge in [0.15, 0.2) is 0 Å². The van der Waals surface area contributed by atoms with Gasteiger partial charge in [-0.15, -0.1) is 0 Å². The summed E-state index contributed by atoms with van der Waals surface area (Å²) in [4.78, 5) is 11.2. The van der Waals surface area contributed by atoms with Gasteiger partial charge in [0.25, 0.3) is 0 Å². The molecule has 6 nitrogen and oxygen atoms in total. The van der Waals surface area contributed by atoms with Crippen molar-refractivity contribution >= 4 is 16.3 Å². The number of carbonyl (C=O) groups is 1. The van der Waals surface area contributed by atoms with Gasteiger partial charge >= 0.3 is 16.3 Å². The van der Waals surface area contributed by atoms with Crippen LogP contribution in [0.4, 0.5) is 4.79 Å². The first-order valence-electron chi connectivity index (χ1n) is 5.40. The highest BCUT2D eigenvalue weighted by Crippen LogP contribution is 2.11. The summed E-state index contributed by atoms with van der Waals surface area (Å²) in [6.07, 6.45) is 1.44. The second kappa shape index (κ2) is 5.49. The van der Waals surface area contributed by atoms with E-state index in [0.29, 0.717) is 13.1 Å². The first kappa shape index (κ1) is 13.2. The van der Waals surface area contributed by atoms with E-state index in [-0.39, 0.29) is 6.10 Å². The lowest BCUT2D eigenvalue weighted by Crippen LogP contribution is -2.46. The molecular weight excluding hydrogens is 232 g/mol. The Balaban J connectivity index is 2.53. The van der Waals surface area contributed by atoms with Crippen LogP contribution in [-0.4, -0.2) is 38.0 Å². The third kappa shape index (κ3) is 3.97. The van der Waals surface area contributed by atoms with E-state index in [9.17, 15) is 13.2 Å². The van der Waals surface area contributed by atoms with Crippen molar-refractivity contribution in [3.8, 4) is 0 Å². The van der Waals surface area contributed by atoms with Crippen molar-refractivity contribution in [2.75, 3.05) is 13.1 Å². The van der Waals surface area contributed by atoms with Crippen LogP contribution in [0.5, 0.6) is 0 Å². The van der Waals surface area contributed by atoms with E-state index in [1.807, 2.05) is 4.72 Å². The Labute approximate surface area is 96.1 Å². The summed E-state index contributed by atoms with van der Waals surface area (Å²) in [6.45, 7) is 4.24. The van der Waals surface area contributed by atoms with E-state index in [0.717, 1.165) is 19.3 Å². The fourth-order valence-corrected chi connectivity index (χ4v) is 2.64. The van der Waals surface area contributed by atoms with Crippen LogP contribution in [0.25, 0.3) is 0 Å². The zero-order chi connectivity index (χ0) is 12.2. The molecule has 16 heavy (non-hydrogen) atoms. The Bertz CT molecular complexity index is 333. The fourth-order valence-electron chi connectivity index (χ4n) is 1.51. The molecule has 1 amide bonds. The number of rotatable bonds is 3. The average molecular weight is 250 g/mol. The topological polar surface area (TPSA) is 75.7 Å². The number of amides is 1. The van der Waals surface area contributed by atoms with E-state index in [1.165, 1.54) is 4.31 Å². The van der Waals surface area contributed by atoms with Crippen LogP contribution in [0.1, 0.15) is 33.1 Å². The Morgan fingerprint density at radius 1 is 1.25 bits per heavy atom. The van der Waals surface area contributed by atoms with Crippen molar-refractivity contribution in [1.29, 1.82) is 0 Å². The largest absolute Gasteiger partial charge is 0.446 e. The molecule has 1 rings (SSSR count). The first-order valence-corrected chi connectivity index (χ1v) is 6.84. The Morgan fingerprint density at radius 2 is 1.81 bits per heavy atom.